The highest BCUT2D eigenvalue weighted by Crippen LogP contribution is 2.38. The number of likely N-dealkylation sites (tertiary alicyclic amines) is 2. The highest BCUT2D eigenvalue weighted by Gasteiger charge is 2.37. The molecule has 7 nitrogen and oxygen atoms in total. The first kappa shape index (κ1) is 48.4. The van der Waals surface area contributed by atoms with Crippen molar-refractivity contribution >= 4 is 74.7 Å². The second-order valence-corrected chi connectivity index (χ2v) is 18.7. The molecule has 0 spiro atoms. The summed E-state index contributed by atoms with van der Waals surface area (Å²) >= 11 is 10.2. The minimum Gasteiger partial charge on any atom is -0.466 e. The van der Waals surface area contributed by atoms with Gasteiger partial charge < -0.3 is 24.7 Å². The predicted octanol–water partition coefficient (Wildman–Crippen LogP) is 10.2. The third-order valence-corrected chi connectivity index (χ3v) is 14.0. The summed E-state index contributed by atoms with van der Waals surface area (Å²) in [7, 11) is 0. The van der Waals surface area contributed by atoms with Gasteiger partial charge in [0, 0.05) is 76.2 Å². The summed E-state index contributed by atoms with van der Waals surface area (Å²) < 4.78 is 5.97. The van der Waals surface area contributed by atoms with Crippen LogP contribution >= 0.6 is 63.0 Å². The van der Waals surface area contributed by atoms with Crippen molar-refractivity contribution in [2.45, 2.75) is 76.2 Å². The number of aliphatic hydroxyl groups is 2. The summed E-state index contributed by atoms with van der Waals surface area (Å²) in [6, 6.07) is 33.1. The van der Waals surface area contributed by atoms with Crippen LogP contribution in [0.5, 0.6) is 0 Å². The predicted molar refractivity (Wildman–Crippen MR) is 250 cm³/mol. The monoisotopic (exact) mass is 926 g/mol. The number of ketones is 1. The van der Waals surface area contributed by atoms with Crippen LogP contribution < -0.4 is 0 Å². The van der Waals surface area contributed by atoms with Crippen molar-refractivity contribution in [1.82, 2.24) is 9.80 Å². The van der Waals surface area contributed by atoms with Gasteiger partial charge in [-0.2, -0.15) is 0 Å². The summed E-state index contributed by atoms with van der Waals surface area (Å²) in [5.41, 5.74) is 1.04. The van der Waals surface area contributed by atoms with E-state index in [-0.39, 0.29) is 5.97 Å². The van der Waals surface area contributed by atoms with E-state index >= 15 is 0 Å². The zero-order chi connectivity index (χ0) is 42.0. The number of piperidine rings is 2. The van der Waals surface area contributed by atoms with Crippen molar-refractivity contribution in [3.8, 4) is 0 Å². The van der Waals surface area contributed by atoms with Gasteiger partial charge in [-0.1, -0.05) is 58.4 Å². The van der Waals surface area contributed by atoms with Gasteiger partial charge in [0.15, 0.2) is 0 Å². The molecule has 12 heteroatoms. The van der Waals surface area contributed by atoms with Gasteiger partial charge in [-0.05, 0) is 122 Å². The molecule has 2 aliphatic heterocycles. The van der Waals surface area contributed by atoms with Gasteiger partial charge in [0.2, 0.25) is 0 Å². The number of rotatable bonds is 14. The standard InChI is InChI=1S/C29H35NO2S3.C10H17NO3.C7H7BrS/c1-33-25-10-4-7-22(19-25)28(31)13-16-30(17-14-28)18-15-29(32,23-8-5-11-26(20-23)34-2)24-9-6-12-27(21-24)35-3;1-2-14-10(13)5-8-11-6-3-9(12)4-7-11;1-9-7-4-2-3-6(8)5-7/h4-12,19-21,31-32H,13-18H2,1-3H3;2-8H2,1H3;2-5H,1H3. The molecule has 4 aromatic rings. The molecule has 0 amide bonds. The molecule has 2 aliphatic rings. The van der Waals surface area contributed by atoms with Crippen LogP contribution in [0.15, 0.2) is 121 Å². The Labute approximate surface area is 372 Å². The summed E-state index contributed by atoms with van der Waals surface area (Å²) in [6.45, 7) is 6.93. The van der Waals surface area contributed by atoms with Crippen molar-refractivity contribution in [3.63, 3.8) is 0 Å². The van der Waals surface area contributed by atoms with Crippen LogP contribution in [0.25, 0.3) is 0 Å². The summed E-state index contributed by atoms with van der Waals surface area (Å²) in [5.74, 6) is 0.182. The van der Waals surface area contributed by atoms with E-state index in [1.54, 1.807) is 54.0 Å². The molecule has 314 valence electrons. The number of nitrogens with zero attached hydrogens (tertiary/aromatic N) is 2. The van der Waals surface area contributed by atoms with Gasteiger partial charge in [-0.15, -0.1) is 47.0 Å². The molecule has 0 radical (unpaired) electrons. The fourth-order valence-corrected chi connectivity index (χ4v) is 9.37. The Morgan fingerprint density at radius 3 is 1.71 bits per heavy atom. The number of benzene rings is 4. The maximum atomic E-state index is 12.2. The Balaban J connectivity index is 0.000000263. The second kappa shape index (κ2) is 24.9. The third-order valence-electron chi connectivity index (χ3n) is 10.6. The largest absolute Gasteiger partial charge is 0.466 e. The van der Waals surface area contributed by atoms with E-state index in [4.69, 9.17) is 4.74 Å². The average Bonchev–Trinajstić information content (AvgIpc) is 3.26. The van der Waals surface area contributed by atoms with E-state index in [2.05, 4.69) is 99.3 Å². The number of thioether (sulfide) groups is 4. The molecule has 0 bridgehead atoms. The number of Topliss-reactive ketones (excluding diaryl/α,β-unsaturated/α-hetero) is 1. The maximum absolute atomic E-state index is 12.2. The number of ether oxygens (including phenoxy) is 1. The van der Waals surface area contributed by atoms with Crippen molar-refractivity contribution in [1.29, 1.82) is 0 Å². The number of carbonyl (C=O) groups is 2. The van der Waals surface area contributed by atoms with Crippen LogP contribution in [0.1, 0.15) is 62.1 Å². The van der Waals surface area contributed by atoms with Gasteiger partial charge in [0.05, 0.1) is 18.6 Å². The molecule has 0 aliphatic carbocycles. The third kappa shape index (κ3) is 15.0. The smallest absolute Gasteiger partial charge is 0.307 e. The lowest BCUT2D eigenvalue weighted by Gasteiger charge is -2.40. The number of halogens is 1. The van der Waals surface area contributed by atoms with Gasteiger partial charge in [0.1, 0.15) is 11.4 Å². The van der Waals surface area contributed by atoms with E-state index in [0.717, 1.165) is 63.7 Å². The van der Waals surface area contributed by atoms with Crippen LogP contribution in [0.4, 0.5) is 0 Å². The average molecular weight is 928 g/mol. The molecule has 4 aromatic carbocycles. The van der Waals surface area contributed by atoms with E-state index in [0.29, 0.717) is 57.5 Å². The van der Waals surface area contributed by atoms with Gasteiger partial charge in [-0.25, -0.2) is 0 Å². The summed E-state index contributed by atoms with van der Waals surface area (Å²) in [6.07, 6.45) is 12.0. The van der Waals surface area contributed by atoms with Crippen molar-refractivity contribution in [2.75, 3.05) is 70.9 Å². The summed E-state index contributed by atoms with van der Waals surface area (Å²) in [5, 5.41) is 23.6. The molecule has 2 saturated heterocycles. The Bertz CT molecular complexity index is 1830. The zero-order valence-corrected chi connectivity index (χ0v) is 39.3. The Hall–Kier alpha value is -2.26. The van der Waals surface area contributed by atoms with Crippen molar-refractivity contribution in [2.24, 2.45) is 0 Å². The topological polar surface area (TPSA) is 90.3 Å². The Kier molecular flexibility index (Phi) is 20.8. The van der Waals surface area contributed by atoms with Gasteiger partial charge in [0.25, 0.3) is 0 Å². The Morgan fingerprint density at radius 1 is 0.724 bits per heavy atom. The van der Waals surface area contributed by atoms with Crippen LogP contribution in [0.2, 0.25) is 0 Å². The second-order valence-electron chi connectivity index (χ2n) is 14.3. The first-order chi connectivity index (χ1) is 27.9. The maximum Gasteiger partial charge on any atom is 0.307 e. The lowest BCUT2D eigenvalue weighted by molar-refractivity contribution is -0.143. The molecule has 2 fully saturated rings. The molecular weight excluding hydrogens is 869 g/mol. The number of hydrogen-bond donors (Lipinski definition) is 2. The molecule has 0 unspecified atom stereocenters. The molecule has 58 heavy (non-hydrogen) atoms. The normalized spacial score (nSPS) is 15.8. The van der Waals surface area contributed by atoms with E-state index in [1.807, 2.05) is 48.5 Å². The SMILES string of the molecule is CCOC(=O)CCN1CCC(=O)CC1.CSc1cccc(Br)c1.CSc1cccc(C2(O)CCN(CCC(O)(c3cccc(SC)c3)c3cccc(SC)c3)CC2)c1. The van der Waals surface area contributed by atoms with Crippen molar-refractivity contribution in [3.05, 3.63) is 118 Å². The van der Waals surface area contributed by atoms with Gasteiger partial charge >= 0.3 is 5.97 Å². The highest BCUT2D eigenvalue weighted by molar-refractivity contribution is 9.10. The lowest BCUT2D eigenvalue weighted by atomic mass is 9.82. The van der Waals surface area contributed by atoms with Crippen LogP contribution in [0, 0.1) is 0 Å². The van der Waals surface area contributed by atoms with Gasteiger partial charge in [-0.3, -0.25) is 9.59 Å². The zero-order valence-electron chi connectivity index (χ0n) is 34.5. The van der Waals surface area contributed by atoms with E-state index in [1.165, 1.54) is 9.79 Å². The van der Waals surface area contributed by atoms with Crippen molar-refractivity contribution < 1.29 is 24.5 Å². The van der Waals surface area contributed by atoms with E-state index < -0.39 is 11.2 Å². The molecule has 0 aromatic heterocycles. The molecule has 0 atom stereocenters. The fourth-order valence-electron chi connectivity index (χ4n) is 6.99. The minimum atomic E-state index is -1.07. The number of hydrogen-bond acceptors (Lipinski definition) is 11. The van der Waals surface area contributed by atoms with Crippen LogP contribution in [-0.2, 0) is 25.5 Å². The summed E-state index contributed by atoms with van der Waals surface area (Å²) in [4.78, 5) is 31.3. The quantitative estimate of drug-likeness (QED) is 0.0936. The number of carbonyl (C=O) groups excluding carboxylic acids is 2. The molecular formula is C46H59BrN2O5S4. The van der Waals surface area contributed by atoms with Crippen LogP contribution in [0.3, 0.4) is 0 Å². The van der Waals surface area contributed by atoms with E-state index in [9.17, 15) is 19.8 Å². The first-order valence-electron chi connectivity index (χ1n) is 19.7. The highest BCUT2D eigenvalue weighted by atomic mass is 79.9. The fraction of sp³-hybridized carbons (Fsp3) is 0.435. The Morgan fingerprint density at radius 2 is 1.21 bits per heavy atom. The molecule has 6 rings (SSSR count). The lowest BCUT2D eigenvalue weighted by Crippen LogP contribution is -2.44. The van der Waals surface area contributed by atoms with Crippen LogP contribution in [-0.4, -0.2) is 103 Å². The minimum absolute atomic E-state index is 0.149. The molecule has 0 saturated carbocycles. The molecule has 2 heterocycles. The number of esters is 1. The molecule has 2 N–H and O–H groups in total. The first-order valence-corrected chi connectivity index (χ1v) is 25.4.